The van der Waals surface area contributed by atoms with Crippen molar-refractivity contribution in [2.45, 2.75) is 0 Å². The molecule has 7 heteroatoms. The van der Waals surface area contributed by atoms with E-state index in [1.165, 1.54) is 11.3 Å². The molecule has 0 fully saturated rings. The number of hydrogen-bond acceptors (Lipinski definition) is 6. The molecule has 140 valence electrons. The van der Waals surface area contributed by atoms with Gasteiger partial charge in [0.1, 0.15) is 11.3 Å². The summed E-state index contributed by atoms with van der Waals surface area (Å²) >= 11 is 1.33. The fraction of sp³-hybridized carbons (Fsp3) is 0. The highest BCUT2D eigenvalue weighted by Gasteiger charge is 2.16. The molecule has 0 amide bonds. The van der Waals surface area contributed by atoms with Gasteiger partial charge in [0, 0.05) is 22.5 Å². The van der Waals surface area contributed by atoms with Crippen molar-refractivity contribution in [2.75, 3.05) is 0 Å². The van der Waals surface area contributed by atoms with Gasteiger partial charge in [-0.3, -0.25) is 4.79 Å². The predicted molar refractivity (Wildman–Crippen MR) is 112 cm³/mol. The predicted octanol–water partition coefficient (Wildman–Crippen LogP) is 4.58. The van der Waals surface area contributed by atoms with E-state index in [-0.39, 0.29) is 0 Å². The second-order valence-electron chi connectivity index (χ2n) is 6.36. The summed E-state index contributed by atoms with van der Waals surface area (Å²) in [5.41, 5.74) is 2.89. The first kappa shape index (κ1) is 17.3. The summed E-state index contributed by atoms with van der Waals surface area (Å²) in [6.07, 6.45) is 2.42. The zero-order chi connectivity index (χ0) is 19.8. The first-order valence-electron chi connectivity index (χ1n) is 8.82. The van der Waals surface area contributed by atoms with Crippen molar-refractivity contribution >= 4 is 28.6 Å². The van der Waals surface area contributed by atoms with E-state index in [1.54, 1.807) is 28.4 Å². The van der Waals surface area contributed by atoms with Gasteiger partial charge >= 0.3 is 5.63 Å². The number of fused-ring (bicyclic) bond motifs is 1. The highest BCUT2D eigenvalue weighted by Crippen LogP contribution is 2.27. The number of nitrogens with zero attached hydrogens (tertiary/aromatic N) is 3. The second-order valence-corrected chi connectivity index (χ2v) is 7.20. The maximum absolute atomic E-state index is 12.4. The molecule has 3 heterocycles. The molecule has 0 aliphatic rings. The number of thiazole rings is 1. The van der Waals surface area contributed by atoms with Gasteiger partial charge in [0.25, 0.3) is 0 Å². The number of para-hydroxylation sites is 1. The van der Waals surface area contributed by atoms with Crippen LogP contribution in [-0.4, -0.2) is 21.1 Å². The van der Waals surface area contributed by atoms with Crippen LogP contribution in [0.5, 0.6) is 0 Å². The Labute approximate surface area is 168 Å². The number of hydrogen-bond donors (Lipinski definition) is 0. The minimum atomic E-state index is -0.445. The number of benzene rings is 2. The van der Waals surface area contributed by atoms with Gasteiger partial charge in [-0.1, -0.05) is 48.5 Å². The average Bonchev–Trinajstić information content (AvgIpc) is 3.41. The Morgan fingerprint density at radius 2 is 1.83 bits per heavy atom. The fourth-order valence-electron chi connectivity index (χ4n) is 3.13. The van der Waals surface area contributed by atoms with E-state index >= 15 is 0 Å². The third kappa shape index (κ3) is 3.07. The molecule has 0 aliphatic carbocycles. The molecule has 5 rings (SSSR count). The molecule has 0 saturated carbocycles. The van der Waals surface area contributed by atoms with Crippen LogP contribution in [0.25, 0.3) is 38.6 Å². The van der Waals surface area contributed by atoms with Gasteiger partial charge in [-0.05, 0) is 12.1 Å². The minimum Gasteiger partial charge on any atom is -0.422 e. The van der Waals surface area contributed by atoms with E-state index in [2.05, 4.69) is 10.1 Å². The van der Waals surface area contributed by atoms with Gasteiger partial charge in [0.05, 0.1) is 16.8 Å². The Balaban J connectivity index is 1.58. The fourth-order valence-corrected chi connectivity index (χ4v) is 3.87. The van der Waals surface area contributed by atoms with E-state index in [4.69, 9.17) is 4.42 Å². The van der Waals surface area contributed by atoms with Crippen molar-refractivity contribution in [3.05, 3.63) is 88.2 Å². The van der Waals surface area contributed by atoms with Crippen LogP contribution in [0, 0.1) is 0 Å². The molecule has 0 radical (unpaired) electrons. The summed E-state index contributed by atoms with van der Waals surface area (Å²) in [4.78, 5) is 28.5. The highest BCUT2D eigenvalue weighted by atomic mass is 32.1. The van der Waals surface area contributed by atoms with E-state index in [1.807, 2.05) is 48.5 Å². The van der Waals surface area contributed by atoms with Crippen molar-refractivity contribution < 1.29 is 9.21 Å². The van der Waals surface area contributed by atoms with Gasteiger partial charge in [0.2, 0.25) is 5.13 Å². The van der Waals surface area contributed by atoms with E-state index in [0.29, 0.717) is 33.2 Å². The summed E-state index contributed by atoms with van der Waals surface area (Å²) in [7, 11) is 0. The lowest BCUT2D eigenvalue weighted by molar-refractivity contribution is 0.112. The van der Waals surface area contributed by atoms with Crippen LogP contribution >= 0.6 is 11.3 Å². The Hall–Kier alpha value is -3.84. The molecule has 0 saturated heterocycles. The van der Waals surface area contributed by atoms with Crippen molar-refractivity contribution in [3.63, 3.8) is 0 Å². The molecule has 29 heavy (non-hydrogen) atoms. The molecule has 0 spiro atoms. The van der Waals surface area contributed by atoms with Crippen molar-refractivity contribution in [2.24, 2.45) is 0 Å². The molecule has 3 aromatic heterocycles. The maximum atomic E-state index is 12.4. The molecular formula is C22H13N3O3S. The summed E-state index contributed by atoms with van der Waals surface area (Å²) in [6.45, 7) is 0. The van der Waals surface area contributed by atoms with Gasteiger partial charge in [0.15, 0.2) is 6.29 Å². The number of aromatic nitrogens is 3. The van der Waals surface area contributed by atoms with Crippen molar-refractivity contribution in [1.29, 1.82) is 0 Å². The monoisotopic (exact) mass is 399 g/mol. The summed E-state index contributed by atoms with van der Waals surface area (Å²) in [5, 5.41) is 7.69. The van der Waals surface area contributed by atoms with Crippen LogP contribution in [0.15, 0.2) is 81.5 Å². The smallest absolute Gasteiger partial charge is 0.345 e. The van der Waals surface area contributed by atoms with Gasteiger partial charge in [-0.25, -0.2) is 14.5 Å². The first-order valence-corrected chi connectivity index (χ1v) is 9.70. The highest BCUT2D eigenvalue weighted by molar-refractivity contribution is 7.12. The van der Waals surface area contributed by atoms with Gasteiger partial charge in [-0.2, -0.15) is 5.10 Å². The molecule has 0 unspecified atom stereocenters. The average molecular weight is 399 g/mol. The van der Waals surface area contributed by atoms with Gasteiger partial charge < -0.3 is 4.42 Å². The molecular weight excluding hydrogens is 386 g/mol. The number of aldehydes is 1. The van der Waals surface area contributed by atoms with Crippen LogP contribution in [0.4, 0.5) is 0 Å². The Morgan fingerprint density at radius 1 is 1.03 bits per heavy atom. The lowest BCUT2D eigenvalue weighted by atomic mass is 10.1. The lowest BCUT2D eigenvalue weighted by Crippen LogP contribution is -2.03. The molecule has 6 nitrogen and oxygen atoms in total. The summed E-state index contributed by atoms with van der Waals surface area (Å²) < 4.78 is 6.96. The van der Waals surface area contributed by atoms with Crippen LogP contribution in [0.1, 0.15) is 10.4 Å². The number of carbonyl (C=O) groups excluding carboxylic acids is 1. The maximum Gasteiger partial charge on any atom is 0.345 e. The van der Waals surface area contributed by atoms with E-state index in [9.17, 15) is 9.59 Å². The minimum absolute atomic E-state index is 0.386. The van der Waals surface area contributed by atoms with Crippen LogP contribution in [0.3, 0.4) is 0 Å². The summed E-state index contributed by atoms with van der Waals surface area (Å²) in [5.74, 6) is 0. The Kier molecular flexibility index (Phi) is 4.14. The normalized spacial score (nSPS) is 11.0. The first-order chi connectivity index (χ1) is 14.2. The van der Waals surface area contributed by atoms with Crippen LogP contribution in [-0.2, 0) is 0 Å². The third-order valence-corrected chi connectivity index (χ3v) is 5.35. The standard InChI is InChI=1S/C22H13N3O3S/c26-12-16-11-25(24-20(16)14-6-2-1-3-7-14)22-23-18(13-29-22)17-10-15-8-4-5-9-19(15)28-21(17)27/h1-13H. The third-order valence-electron chi connectivity index (χ3n) is 4.52. The van der Waals surface area contributed by atoms with Gasteiger partial charge in [-0.15, -0.1) is 11.3 Å². The molecule has 0 N–H and O–H groups in total. The molecule has 2 aromatic carbocycles. The lowest BCUT2D eigenvalue weighted by Gasteiger charge is -1.99. The zero-order valence-corrected chi connectivity index (χ0v) is 15.8. The SMILES string of the molecule is O=Cc1cn(-c2nc(-c3cc4ccccc4oc3=O)cs2)nc1-c1ccccc1. The number of rotatable bonds is 4. The number of carbonyl (C=O) groups is 1. The van der Waals surface area contributed by atoms with E-state index in [0.717, 1.165) is 17.2 Å². The Bertz CT molecular complexity index is 1400. The van der Waals surface area contributed by atoms with E-state index < -0.39 is 5.63 Å². The van der Waals surface area contributed by atoms with Crippen LogP contribution < -0.4 is 5.63 Å². The molecule has 0 bridgehead atoms. The second kappa shape index (κ2) is 6.96. The molecule has 0 atom stereocenters. The zero-order valence-electron chi connectivity index (χ0n) is 15.0. The summed E-state index contributed by atoms with van der Waals surface area (Å²) in [6, 6.07) is 18.6. The van der Waals surface area contributed by atoms with Crippen molar-refractivity contribution in [1.82, 2.24) is 14.8 Å². The Morgan fingerprint density at radius 3 is 2.66 bits per heavy atom. The largest absolute Gasteiger partial charge is 0.422 e. The topological polar surface area (TPSA) is 78.0 Å². The molecule has 5 aromatic rings. The quantitative estimate of drug-likeness (QED) is 0.326. The van der Waals surface area contributed by atoms with Crippen LogP contribution in [0.2, 0.25) is 0 Å². The van der Waals surface area contributed by atoms with Crippen molar-refractivity contribution in [3.8, 4) is 27.6 Å². The molecule has 0 aliphatic heterocycles.